The molecule has 5 rings (SSSR count). The Morgan fingerprint density at radius 2 is 0.818 bits per heavy atom. The molecule has 0 radical (unpaired) electrons. The second-order valence-corrected chi connectivity index (χ2v) is 12.3. The van der Waals surface area contributed by atoms with Gasteiger partial charge in [0, 0.05) is 22.5 Å². The van der Waals surface area contributed by atoms with Crippen LogP contribution < -0.4 is 10.6 Å². The number of hydrogen-bond donors (Lipinski definition) is 2. The van der Waals surface area contributed by atoms with Crippen LogP contribution in [0.1, 0.15) is 119 Å². The second kappa shape index (κ2) is 13.6. The maximum absolute atomic E-state index is 14.3. The number of anilines is 4. The molecule has 44 heavy (non-hydrogen) atoms. The predicted octanol–water partition coefficient (Wildman–Crippen LogP) is 10.4. The van der Waals surface area contributed by atoms with Gasteiger partial charge in [0.15, 0.2) is 11.6 Å². The normalized spacial score (nSPS) is 12.2. The van der Waals surface area contributed by atoms with Gasteiger partial charge in [0.1, 0.15) is 0 Å². The molecule has 0 fully saturated rings. The molecule has 0 aliphatic heterocycles. The summed E-state index contributed by atoms with van der Waals surface area (Å²) in [6.07, 6.45) is 7.83. The van der Waals surface area contributed by atoms with Crippen molar-refractivity contribution < 1.29 is 9.59 Å². The highest BCUT2D eigenvalue weighted by atomic mass is 16.1. The molecule has 0 bridgehead atoms. The lowest BCUT2D eigenvalue weighted by Gasteiger charge is -2.26. The standard InChI is InChI=1S/C40H46N2O2/c1-7-13-27-21-25(5)22-28(14-8-2)37(27)41-33-19-20-34(36-35(33)39(43)31-17-11-12-18-32(31)40(36)44)42-38-29(15-9-3)23-26(6)24-30(38)16-10-4/h11-12,17-24,41-42H,7-10,13-16H2,1-6H3. The molecular formula is C40H46N2O2. The Hall–Kier alpha value is -4.18. The van der Waals surface area contributed by atoms with E-state index in [-0.39, 0.29) is 11.6 Å². The molecule has 0 heterocycles. The summed E-state index contributed by atoms with van der Waals surface area (Å²) in [6.45, 7) is 13.1. The van der Waals surface area contributed by atoms with Crippen LogP contribution in [0.25, 0.3) is 0 Å². The number of nitrogens with one attached hydrogen (secondary N) is 2. The average Bonchev–Trinajstić information content (AvgIpc) is 3.00. The monoisotopic (exact) mass is 586 g/mol. The van der Waals surface area contributed by atoms with E-state index in [0.29, 0.717) is 33.6 Å². The smallest absolute Gasteiger partial charge is 0.196 e. The minimum atomic E-state index is -0.117. The summed E-state index contributed by atoms with van der Waals surface area (Å²) >= 11 is 0. The summed E-state index contributed by atoms with van der Waals surface area (Å²) in [5.74, 6) is -0.233. The molecule has 4 heteroatoms. The third-order valence-electron chi connectivity index (χ3n) is 8.56. The molecule has 2 N–H and O–H groups in total. The van der Waals surface area contributed by atoms with Crippen LogP contribution in [-0.2, 0) is 25.7 Å². The van der Waals surface area contributed by atoms with Crippen LogP contribution in [-0.4, -0.2) is 11.6 Å². The van der Waals surface area contributed by atoms with Crippen LogP contribution in [0, 0.1) is 13.8 Å². The molecule has 228 valence electrons. The number of hydrogen-bond acceptors (Lipinski definition) is 4. The van der Waals surface area contributed by atoms with E-state index in [4.69, 9.17) is 0 Å². The number of carbonyl (C=O) groups is 2. The SMILES string of the molecule is CCCc1cc(C)cc(CCC)c1Nc1ccc(Nc2c(CCC)cc(C)cc2CCC)c2c1C(=O)c1ccccc1C2=O. The van der Waals surface area contributed by atoms with E-state index in [1.807, 2.05) is 24.3 Å². The lowest BCUT2D eigenvalue weighted by Crippen LogP contribution is -2.24. The van der Waals surface area contributed by atoms with Crippen molar-refractivity contribution in [2.45, 2.75) is 92.9 Å². The minimum Gasteiger partial charge on any atom is -0.354 e. The number of carbonyl (C=O) groups excluding carboxylic acids is 2. The van der Waals surface area contributed by atoms with Crippen molar-refractivity contribution in [3.63, 3.8) is 0 Å². The van der Waals surface area contributed by atoms with Crippen LogP contribution in [0.4, 0.5) is 22.7 Å². The highest BCUT2D eigenvalue weighted by molar-refractivity contribution is 6.32. The van der Waals surface area contributed by atoms with Crippen molar-refractivity contribution >= 4 is 34.3 Å². The first-order chi connectivity index (χ1) is 21.3. The fraction of sp³-hybridized carbons (Fsp3) is 0.350. The van der Waals surface area contributed by atoms with Gasteiger partial charge in [0.25, 0.3) is 0 Å². The predicted molar refractivity (Wildman–Crippen MR) is 185 cm³/mol. The van der Waals surface area contributed by atoms with Crippen LogP contribution in [0.3, 0.4) is 0 Å². The Balaban J connectivity index is 1.72. The molecule has 0 unspecified atom stereocenters. The Labute approximate surface area is 263 Å². The molecular weight excluding hydrogens is 540 g/mol. The maximum atomic E-state index is 14.3. The van der Waals surface area contributed by atoms with E-state index in [2.05, 4.69) is 76.4 Å². The van der Waals surface area contributed by atoms with E-state index in [0.717, 1.165) is 62.7 Å². The number of benzene rings is 4. The molecule has 1 aliphatic rings. The summed E-state index contributed by atoms with van der Waals surface area (Å²) in [4.78, 5) is 28.6. The quantitative estimate of drug-likeness (QED) is 0.153. The number of fused-ring (bicyclic) bond motifs is 2. The van der Waals surface area contributed by atoms with Crippen molar-refractivity contribution in [3.8, 4) is 0 Å². The largest absolute Gasteiger partial charge is 0.354 e. The number of rotatable bonds is 12. The highest BCUT2D eigenvalue weighted by Gasteiger charge is 2.34. The van der Waals surface area contributed by atoms with E-state index < -0.39 is 0 Å². The van der Waals surface area contributed by atoms with Gasteiger partial charge in [0.2, 0.25) is 0 Å². The summed E-state index contributed by atoms with van der Waals surface area (Å²) in [5, 5.41) is 7.42. The van der Waals surface area contributed by atoms with Crippen LogP contribution in [0.15, 0.2) is 60.7 Å². The van der Waals surface area contributed by atoms with E-state index in [1.54, 1.807) is 12.1 Å². The Morgan fingerprint density at radius 1 is 0.500 bits per heavy atom. The number of aryl methyl sites for hydroxylation is 6. The Kier molecular flexibility index (Phi) is 9.68. The van der Waals surface area contributed by atoms with Gasteiger partial charge in [-0.15, -0.1) is 0 Å². The molecule has 0 saturated heterocycles. The van der Waals surface area contributed by atoms with Gasteiger partial charge in [-0.25, -0.2) is 0 Å². The molecule has 4 aromatic carbocycles. The van der Waals surface area contributed by atoms with Gasteiger partial charge in [-0.2, -0.15) is 0 Å². The molecule has 0 amide bonds. The second-order valence-electron chi connectivity index (χ2n) is 12.3. The zero-order chi connectivity index (χ0) is 31.4. The third-order valence-corrected chi connectivity index (χ3v) is 8.56. The first-order valence-corrected chi connectivity index (χ1v) is 16.4. The molecule has 0 saturated carbocycles. The fourth-order valence-corrected chi connectivity index (χ4v) is 6.77. The maximum Gasteiger partial charge on any atom is 0.196 e. The molecule has 4 nitrogen and oxygen atoms in total. The zero-order valence-corrected chi connectivity index (χ0v) is 27.2. The molecule has 4 aromatic rings. The van der Waals surface area contributed by atoms with Gasteiger partial charge >= 0.3 is 0 Å². The molecule has 0 aromatic heterocycles. The topological polar surface area (TPSA) is 58.2 Å². The summed E-state index contributed by atoms with van der Waals surface area (Å²) in [7, 11) is 0. The summed E-state index contributed by atoms with van der Waals surface area (Å²) < 4.78 is 0. The minimum absolute atomic E-state index is 0.117. The van der Waals surface area contributed by atoms with E-state index >= 15 is 0 Å². The average molecular weight is 587 g/mol. The van der Waals surface area contributed by atoms with E-state index in [1.165, 1.54) is 33.4 Å². The number of ketones is 2. The third kappa shape index (κ3) is 6.08. The van der Waals surface area contributed by atoms with E-state index in [9.17, 15) is 9.59 Å². The highest BCUT2D eigenvalue weighted by Crippen LogP contribution is 2.41. The lowest BCUT2D eigenvalue weighted by atomic mass is 9.82. The summed E-state index contributed by atoms with van der Waals surface area (Å²) in [6, 6.07) is 20.2. The Morgan fingerprint density at radius 3 is 1.11 bits per heavy atom. The molecule has 0 spiro atoms. The lowest BCUT2D eigenvalue weighted by molar-refractivity contribution is 0.0980. The van der Waals surface area contributed by atoms with Crippen LogP contribution in [0.5, 0.6) is 0 Å². The first kappa shape index (κ1) is 31.3. The van der Waals surface area contributed by atoms with Crippen LogP contribution in [0.2, 0.25) is 0 Å². The van der Waals surface area contributed by atoms with Crippen molar-refractivity contribution in [2.75, 3.05) is 10.6 Å². The van der Waals surface area contributed by atoms with Crippen molar-refractivity contribution in [2.24, 2.45) is 0 Å². The van der Waals surface area contributed by atoms with Crippen molar-refractivity contribution in [3.05, 3.63) is 116 Å². The molecule has 0 atom stereocenters. The van der Waals surface area contributed by atoms with Gasteiger partial charge in [-0.3, -0.25) is 9.59 Å². The van der Waals surface area contributed by atoms with Gasteiger partial charge in [0.05, 0.1) is 22.5 Å². The van der Waals surface area contributed by atoms with Gasteiger partial charge in [-0.05, 0) is 73.9 Å². The van der Waals surface area contributed by atoms with Crippen molar-refractivity contribution in [1.82, 2.24) is 0 Å². The van der Waals surface area contributed by atoms with Crippen LogP contribution >= 0.6 is 0 Å². The van der Waals surface area contributed by atoms with Gasteiger partial charge < -0.3 is 10.6 Å². The zero-order valence-electron chi connectivity index (χ0n) is 27.2. The first-order valence-electron chi connectivity index (χ1n) is 16.4. The Bertz CT molecular complexity index is 1540. The summed E-state index contributed by atoms with van der Waals surface area (Å²) in [5.41, 5.74) is 12.8. The van der Waals surface area contributed by atoms with Crippen molar-refractivity contribution in [1.29, 1.82) is 0 Å². The van der Waals surface area contributed by atoms with Gasteiger partial charge in [-0.1, -0.05) is 113 Å². The molecule has 1 aliphatic carbocycles. The fourth-order valence-electron chi connectivity index (χ4n) is 6.77.